The number of Topliss-reactive ketones (excluding diaryl/α,β-unsaturated/α-hetero) is 1. The lowest BCUT2D eigenvalue weighted by Gasteiger charge is -2.13. The number of halogens is 3. The highest BCUT2D eigenvalue weighted by molar-refractivity contribution is 6.02. The summed E-state index contributed by atoms with van der Waals surface area (Å²) in [5, 5.41) is 0. The van der Waals surface area contributed by atoms with Gasteiger partial charge in [0.1, 0.15) is 5.75 Å². The van der Waals surface area contributed by atoms with E-state index in [0.29, 0.717) is 0 Å². The van der Waals surface area contributed by atoms with Crippen LogP contribution < -0.4 is 4.74 Å². The Balaban J connectivity index is 3.22. The molecule has 0 N–H and O–H groups in total. The first-order valence-electron chi connectivity index (χ1n) is 5.06. The summed E-state index contributed by atoms with van der Waals surface area (Å²) in [5.74, 6) is -1.78. The van der Waals surface area contributed by atoms with Crippen molar-refractivity contribution in [2.75, 3.05) is 7.11 Å². The molecule has 0 aliphatic heterocycles. The molecule has 0 aliphatic carbocycles. The van der Waals surface area contributed by atoms with Crippen LogP contribution in [0.1, 0.15) is 35.7 Å². The highest BCUT2D eigenvalue weighted by Gasteiger charge is 2.40. The number of ketones is 1. The van der Waals surface area contributed by atoms with Gasteiger partial charge in [-0.15, -0.1) is 0 Å². The van der Waals surface area contributed by atoms with Crippen LogP contribution in [0.15, 0.2) is 18.2 Å². The predicted molar refractivity (Wildman–Crippen MR) is 57.5 cm³/mol. The summed E-state index contributed by atoms with van der Waals surface area (Å²) < 4.78 is 41.7. The normalized spacial score (nSPS) is 11.7. The number of carbonyl (C=O) groups excluding carboxylic acids is 1. The molecule has 2 nitrogen and oxygen atoms in total. The average Bonchev–Trinajstić information content (AvgIpc) is 2.25. The van der Waals surface area contributed by atoms with Crippen molar-refractivity contribution in [3.8, 4) is 5.75 Å². The van der Waals surface area contributed by atoms with E-state index in [1.807, 2.05) is 13.8 Å². The second-order valence-corrected chi connectivity index (χ2v) is 3.94. The molecule has 0 atom stereocenters. The topological polar surface area (TPSA) is 26.3 Å². The van der Waals surface area contributed by atoms with Gasteiger partial charge in [0, 0.05) is 0 Å². The molecule has 0 heterocycles. The van der Waals surface area contributed by atoms with E-state index in [0.717, 1.165) is 11.6 Å². The zero-order valence-corrected chi connectivity index (χ0v) is 9.76. The maximum absolute atomic E-state index is 12.3. The number of rotatable bonds is 3. The van der Waals surface area contributed by atoms with Crippen molar-refractivity contribution in [3.05, 3.63) is 29.3 Å². The molecule has 0 radical (unpaired) electrons. The summed E-state index contributed by atoms with van der Waals surface area (Å²) in [6.07, 6.45) is -4.88. The van der Waals surface area contributed by atoms with E-state index in [1.54, 1.807) is 0 Å². The minimum absolute atomic E-state index is 0.0430. The monoisotopic (exact) mass is 246 g/mol. The number of hydrogen-bond acceptors (Lipinski definition) is 2. The average molecular weight is 246 g/mol. The Morgan fingerprint density at radius 3 is 2.29 bits per heavy atom. The molecule has 0 fully saturated rings. The molecule has 1 rings (SSSR count). The van der Waals surface area contributed by atoms with Crippen molar-refractivity contribution in [3.63, 3.8) is 0 Å². The first-order valence-corrected chi connectivity index (χ1v) is 5.06. The van der Waals surface area contributed by atoms with Gasteiger partial charge < -0.3 is 4.74 Å². The number of hydrogen-bond donors (Lipinski definition) is 0. The standard InChI is InChI=1S/C12H13F3O2/c1-7(2)8-4-5-9(10(6-8)17-3)11(16)12(13,14)15/h4-7H,1-3H3. The fourth-order valence-corrected chi connectivity index (χ4v) is 1.41. The molecule has 1 aromatic rings. The van der Waals surface area contributed by atoms with Crippen LogP contribution in [-0.4, -0.2) is 19.1 Å². The van der Waals surface area contributed by atoms with Crippen LogP contribution in [0.25, 0.3) is 0 Å². The van der Waals surface area contributed by atoms with E-state index in [1.165, 1.54) is 19.2 Å². The van der Waals surface area contributed by atoms with Crippen molar-refractivity contribution in [1.82, 2.24) is 0 Å². The minimum atomic E-state index is -4.88. The fourth-order valence-electron chi connectivity index (χ4n) is 1.41. The lowest BCUT2D eigenvalue weighted by Crippen LogP contribution is -2.23. The van der Waals surface area contributed by atoms with Gasteiger partial charge in [-0.1, -0.05) is 19.9 Å². The van der Waals surface area contributed by atoms with E-state index >= 15 is 0 Å². The Morgan fingerprint density at radius 1 is 1.29 bits per heavy atom. The molecule has 5 heteroatoms. The summed E-state index contributed by atoms with van der Waals surface area (Å²) in [6, 6.07) is 4.12. The number of alkyl halides is 3. The van der Waals surface area contributed by atoms with Gasteiger partial charge >= 0.3 is 6.18 Å². The Labute approximate surface area is 97.4 Å². The van der Waals surface area contributed by atoms with Crippen molar-refractivity contribution in [2.45, 2.75) is 25.9 Å². The summed E-state index contributed by atoms with van der Waals surface area (Å²) in [5.41, 5.74) is 0.366. The van der Waals surface area contributed by atoms with Crippen molar-refractivity contribution in [1.29, 1.82) is 0 Å². The van der Waals surface area contributed by atoms with Crippen LogP contribution >= 0.6 is 0 Å². The van der Waals surface area contributed by atoms with Gasteiger partial charge in [0.25, 0.3) is 5.78 Å². The van der Waals surface area contributed by atoms with Crippen LogP contribution in [0, 0.1) is 0 Å². The third-order valence-electron chi connectivity index (χ3n) is 2.39. The fraction of sp³-hybridized carbons (Fsp3) is 0.417. The van der Waals surface area contributed by atoms with Crippen LogP contribution in [0.3, 0.4) is 0 Å². The van der Waals surface area contributed by atoms with Crippen LogP contribution in [0.5, 0.6) is 5.75 Å². The number of benzene rings is 1. The highest BCUT2D eigenvalue weighted by Crippen LogP contribution is 2.30. The SMILES string of the molecule is COc1cc(C(C)C)ccc1C(=O)C(F)(F)F. The molecular weight excluding hydrogens is 233 g/mol. The molecule has 0 aliphatic rings. The van der Waals surface area contributed by atoms with E-state index in [9.17, 15) is 18.0 Å². The number of carbonyl (C=O) groups is 1. The molecule has 0 spiro atoms. The smallest absolute Gasteiger partial charge is 0.455 e. The third-order valence-corrected chi connectivity index (χ3v) is 2.39. The molecule has 0 saturated heterocycles. The molecule has 0 saturated carbocycles. The quantitative estimate of drug-likeness (QED) is 0.762. The number of methoxy groups -OCH3 is 1. The largest absolute Gasteiger partial charge is 0.496 e. The van der Waals surface area contributed by atoms with Gasteiger partial charge in [-0.3, -0.25) is 4.79 Å². The maximum Gasteiger partial charge on any atom is 0.455 e. The van der Waals surface area contributed by atoms with Gasteiger partial charge in [-0.25, -0.2) is 0 Å². The van der Waals surface area contributed by atoms with Gasteiger partial charge in [0.05, 0.1) is 12.7 Å². The van der Waals surface area contributed by atoms with Gasteiger partial charge in [0.2, 0.25) is 0 Å². The van der Waals surface area contributed by atoms with Crippen molar-refractivity contribution in [2.24, 2.45) is 0 Å². The first-order chi connectivity index (χ1) is 7.77. The highest BCUT2D eigenvalue weighted by atomic mass is 19.4. The first kappa shape index (κ1) is 13.5. The van der Waals surface area contributed by atoms with Crippen LogP contribution in [0.4, 0.5) is 13.2 Å². The second-order valence-electron chi connectivity index (χ2n) is 3.94. The van der Waals surface area contributed by atoms with Gasteiger partial charge in [-0.2, -0.15) is 13.2 Å². The van der Waals surface area contributed by atoms with Crippen molar-refractivity contribution < 1.29 is 22.7 Å². The molecule has 0 bridgehead atoms. The summed E-state index contributed by atoms with van der Waals surface area (Å²) in [7, 11) is 1.24. The van der Waals surface area contributed by atoms with Crippen LogP contribution in [0.2, 0.25) is 0 Å². The van der Waals surface area contributed by atoms with Crippen molar-refractivity contribution >= 4 is 5.78 Å². The number of ether oxygens (including phenoxy) is 1. The molecule has 0 unspecified atom stereocenters. The van der Waals surface area contributed by atoms with Crippen LogP contribution in [-0.2, 0) is 0 Å². The summed E-state index contributed by atoms with van der Waals surface area (Å²) >= 11 is 0. The zero-order valence-electron chi connectivity index (χ0n) is 9.76. The Kier molecular flexibility index (Phi) is 3.80. The third kappa shape index (κ3) is 2.99. The van der Waals surface area contributed by atoms with Gasteiger partial charge in [-0.05, 0) is 23.6 Å². The zero-order chi connectivity index (χ0) is 13.2. The predicted octanol–water partition coefficient (Wildman–Crippen LogP) is 3.56. The Bertz CT molecular complexity index is 422. The van der Waals surface area contributed by atoms with E-state index in [4.69, 9.17) is 4.74 Å². The lowest BCUT2D eigenvalue weighted by atomic mass is 9.99. The molecule has 0 aromatic heterocycles. The molecule has 94 valence electrons. The van der Waals surface area contributed by atoms with E-state index in [-0.39, 0.29) is 11.7 Å². The van der Waals surface area contributed by atoms with Gasteiger partial charge in [0.15, 0.2) is 0 Å². The summed E-state index contributed by atoms with van der Waals surface area (Å²) in [6.45, 7) is 3.81. The molecular formula is C12H13F3O2. The maximum atomic E-state index is 12.3. The second kappa shape index (κ2) is 4.77. The molecule has 17 heavy (non-hydrogen) atoms. The Hall–Kier alpha value is -1.52. The lowest BCUT2D eigenvalue weighted by molar-refractivity contribution is -0.0886. The Morgan fingerprint density at radius 2 is 1.88 bits per heavy atom. The summed E-state index contributed by atoms with van der Waals surface area (Å²) in [4.78, 5) is 11.1. The molecule has 1 aromatic carbocycles. The van der Waals surface area contributed by atoms with E-state index < -0.39 is 17.5 Å². The van der Waals surface area contributed by atoms with E-state index in [2.05, 4.69) is 0 Å². The minimum Gasteiger partial charge on any atom is -0.496 e. The molecule has 0 amide bonds.